The number of nitrogens with zero attached hydrogens (tertiary/aromatic N) is 5. The van der Waals surface area contributed by atoms with E-state index in [1.54, 1.807) is 0 Å². The first-order valence-corrected chi connectivity index (χ1v) is 21.2. The minimum atomic E-state index is 0.527. The molecule has 64 heavy (non-hydrogen) atoms. The molecule has 3 heterocycles. The molecule has 12 rings (SSSR count). The maximum atomic E-state index is 9.64. The molecule has 0 N–H and O–H groups in total. The van der Waals surface area contributed by atoms with Gasteiger partial charge in [-0.25, -0.2) is 15.0 Å². The van der Waals surface area contributed by atoms with E-state index >= 15 is 0 Å². The molecule has 3 aromatic heterocycles. The smallest absolute Gasteiger partial charge is 0.164 e. The lowest BCUT2D eigenvalue weighted by molar-refractivity contribution is 0.669. The number of rotatable bonds is 7. The van der Waals surface area contributed by atoms with E-state index in [1.165, 1.54) is 16.5 Å². The predicted octanol–water partition coefficient (Wildman–Crippen LogP) is 14.7. The van der Waals surface area contributed by atoms with Crippen LogP contribution in [0.5, 0.6) is 0 Å². The van der Waals surface area contributed by atoms with Gasteiger partial charge in [0.2, 0.25) is 0 Å². The molecule has 0 saturated carbocycles. The van der Waals surface area contributed by atoms with Gasteiger partial charge in [0, 0.05) is 43.9 Å². The summed E-state index contributed by atoms with van der Waals surface area (Å²) in [6.07, 6.45) is 0. The highest BCUT2D eigenvalue weighted by Crippen LogP contribution is 2.40. The van der Waals surface area contributed by atoms with Crippen molar-refractivity contribution >= 4 is 43.7 Å². The van der Waals surface area contributed by atoms with Gasteiger partial charge in [0.05, 0.1) is 22.7 Å². The molecule has 0 saturated heterocycles. The van der Waals surface area contributed by atoms with E-state index in [9.17, 15) is 5.26 Å². The molecule has 0 unspecified atom stereocenters. The third kappa shape index (κ3) is 6.39. The van der Waals surface area contributed by atoms with Gasteiger partial charge < -0.3 is 8.98 Å². The molecule has 6 nitrogen and oxygen atoms in total. The molecule has 9 aromatic carbocycles. The van der Waals surface area contributed by atoms with E-state index in [1.807, 2.05) is 66.7 Å². The topological polar surface area (TPSA) is 80.5 Å². The Labute approximate surface area is 368 Å². The Balaban J connectivity index is 1.01. The number of para-hydroxylation sites is 2. The van der Waals surface area contributed by atoms with Crippen LogP contribution >= 0.6 is 0 Å². The number of hydrogen-bond donors (Lipinski definition) is 0. The van der Waals surface area contributed by atoms with Gasteiger partial charge in [-0.2, -0.15) is 5.26 Å². The van der Waals surface area contributed by atoms with Crippen molar-refractivity contribution in [1.29, 1.82) is 5.26 Å². The van der Waals surface area contributed by atoms with Crippen molar-refractivity contribution in [1.82, 2.24) is 19.5 Å². The van der Waals surface area contributed by atoms with Crippen LogP contribution in [0.25, 0.3) is 117 Å². The van der Waals surface area contributed by atoms with E-state index in [0.29, 0.717) is 23.0 Å². The van der Waals surface area contributed by atoms with E-state index in [2.05, 4.69) is 156 Å². The molecular formula is C58H35N5O. The molecule has 12 aromatic rings. The molecule has 0 fully saturated rings. The van der Waals surface area contributed by atoms with Gasteiger partial charge in [0.1, 0.15) is 11.2 Å². The summed E-state index contributed by atoms with van der Waals surface area (Å²) in [6, 6.07) is 75.1. The summed E-state index contributed by atoms with van der Waals surface area (Å²) in [7, 11) is 0. The summed E-state index contributed by atoms with van der Waals surface area (Å²) < 4.78 is 8.92. The summed E-state index contributed by atoms with van der Waals surface area (Å²) in [5.41, 5.74) is 14.4. The second-order valence-electron chi connectivity index (χ2n) is 15.9. The van der Waals surface area contributed by atoms with Crippen LogP contribution in [0.1, 0.15) is 5.56 Å². The molecule has 298 valence electrons. The Bertz CT molecular complexity index is 3790. The van der Waals surface area contributed by atoms with Gasteiger partial charge in [-0.3, -0.25) is 0 Å². The number of fused-ring (bicyclic) bond motifs is 6. The third-order valence-electron chi connectivity index (χ3n) is 12.1. The van der Waals surface area contributed by atoms with Gasteiger partial charge in [0.15, 0.2) is 17.5 Å². The van der Waals surface area contributed by atoms with Crippen molar-refractivity contribution in [2.45, 2.75) is 0 Å². The first kappa shape index (κ1) is 36.9. The fraction of sp³-hybridized carbons (Fsp3) is 0. The van der Waals surface area contributed by atoms with E-state index in [-0.39, 0.29) is 0 Å². The monoisotopic (exact) mass is 817 g/mol. The number of hydrogen-bond acceptors (Lipinski definition) is 5. The van der Waals surface area contributed by atoms with Crippen LogP contribution in [0.4, 0.5) is 0 Å². The van der Waals surface area contributed by atoms with E-state index in [0.717, 1.165) is 83.0 Å². The first-order valence-electron chi connectivity index (χ1n) is 21.2. The molecule has 6 heteroatoms. The van der Waals surface area contributed by atoms with Crippen molar-refractivity contribution in [3.63, 3.8) is 0 Å². The summed E-state index contributed by atoms with van der Waals surface area (Å²) >= 11 is 0. The molecule has 0 bridgehead atoms. The zero-order valence-electron chi connectivity index (χ0n) is 34.4. The van der Waals surface area contributed by atoms with Gasteiger partial charge in [-0.1, -0.05) is 152 Å². The SMILES string of the molecule is N#Cc1cccc(-c2cccc(-c3nc(-c4ccc5c(c4)oc4cccc(-c6ccc(-c7ccccc7)cc6)c45)nc(-c4ccc5c6ccccc6n(-c6ccccc6)c5c4)n3)c2)c1. The summed E-state index contributed by atoms with van der Waals surface area (Å²) in [5.74, 6) is 1.61. The van der Waals surface area contributed by atoms with Crippen LogP contribution in [0.2, 0.25) is 0 Å². The Morgan fingerprint density at radius 3 is 1.69 bits per heavy atom. The average molecular weight is 818 g/mol. The van der Waals surface area contributed by atoms with E-state index in [4.69, 9.17) is 19.4 Å². The highest BCUT2D eigenvalue weighted by Gasteiger charge is 2.19. The van der Waals surface area contributed by atoms with Crippen LogP contribution in [-0.4, -0.2) is 19.5 Å². The van der Waals surface area contributed by atoms with Gasteiger partial charge >= 0.3 is 0 Å². The second-order valence-corrected chi connectivity index (χ2v) is 15.9. The average Bonchev–Trinajstić information content (AvgIpc) is 3.92. The fourth-order valence-electron chi connectivity index (χ4n) is 9.01. The van der Waals surface area contributed by atoms with Crippen LogP contribution in [0, 0.1) is 11.3 Å². The van der Waals surface area contributed by atoms with Crippen molar-refractivity contribution in [3.8, 4) is 79.3 Å². The van der Waals surface area contributed by atoms with Crippen LogP contribution in [0.3, 0.4) is 0 Å². The Morgan fingerprint density at radius 1 is 0.375 bits per heavy atom. The number of furan rings is 1. The maximum absolute atomic E-state index is 9.64. The molecule has 0 spiro atoms. The third-order valence-corrected chi connectivity index (χ3v) is 12.1. The molecule has 0 aliphatic rings. The summed E-state index contributed by atoms with van der Waals surface area (Å²) in [5, 5.41) is 14.0. The predicted molar refractivity (Wildman–Crippen MR) is 259 cm³/mol. The van der Waals surface area contributed by atoms with E-state index < -0.39 is 0 Å². The fourth-order valence-corrected chi connectivity index (χ4v) is 9.01. The summed E-state index contributed by atoms with van der Waals surface area (Å²) in [4.78, 5) is 15.6. The molecule has 0 atom stereocenters. The highest BCUT2D eigenvalue weighted by atomic mass is 16.3. The Morgan fingerprint density at radius 2 is 0.922 bits per heavy atom. The standard InChI is InChI=1S/C58H35N5O/c59-36-37-12-9-15-41(32-37)42-16-10-17-43(33-42)56-60-57(44-28-30-49-48-20-7-8-22-51(48)63(52(49)34-44)46-18-5-2-6-19-46)62-58(61-56)45-29-31-50-54(35-45)64-53-23-11-21-47(55(50)53)40-26-24-39(25-27-40)38-13-3-1-4-14-38/h1-35H. The van der Waals surface area contributed by atoms with Crippen LogP contribution < -0.4 is 0 Å². The van der Waals surface area contributed by atoms with Crippen molar-refractivity contribution in [3.05, 3.63) is 218 Å². The van der Waals surface area contributed by atoms with Gasteiger partial charge in [-0.15, -0.1) is 0 Å². The number of aromatic nitrogens is 4. The lowest BCUT2D eigenvalue weighted by Crippen LogP contribution is -2.00. The Hall–Kier alpha value is -8.92. The summed E-state index contributed by atoms with van der Waals surface area (Å²) in [6.45, 7) is 0. The molecular weight excluding hydrogens is 783 g/mol. The molecule has 0 amide bonds. The quantitative estimate of drug-likeness (QED) is 0.160. The highest BCUT2D eigenvalue weighted by molar-refractivity contribution is 6.13. The Kier molecular flexibility index (Phi) is 8.77. The minimum Gasteiger partial charge on any atom is -0.456 e. The molecule has 0 aliphatic carbocycles. The van der Waals surface area contributed by atoms with Crippen LogP contribution in [0.15, 0.2) is 217 Å². The molecule has 0 radical (unpaired) electrons. The van der Waals surface area contributed by atoms with Crippen molar-refractivity contribution < 1.29 is 4.42 Å². The van der Waals surface area contributed by atoms with Crippen molar-refractivity contribution in [2.75, 3.05) is 0 Å². The maximum Gasteiger partial charge on any atom is 0.164 e. The zero-order chi connectivity index (χ0) is 42.6. The molecule has 0 aliphatic heterocycles. The van der Waals surface area contributed by atoms with Gasteiger partial charge in [0.25, 0.3) is 0 Å². The number of nitriles is 1. The lowest BCUT2D eigenvalue weighted by atomic mass is 9.96. The minimum absolute atomic E-state index is 0.527. The number of benzene rings is 9. The van der Waals surface area contributed by atoms with Gasteiger partial charge in [-0.05, 0) is 94.0 Å². The lowest BCUT2D eigenvalue weighted by Gasteiger charge is -2.11. The zero-order valence-corrected chi connectivity index (χ0v) is 34.4. The normalized spacial score (nSPS) is 11.4. The first-order chi connectivity index (χ1) is 31.6. The largest absolute Gasteiger partial charge is 0.456 e. The van der Waals surface area contributed by atoms with Crippen molar-refractivity contribution in [2.24, 2.45) is 0 Å². The van der Waals surface area contributed by atoms with Crippen LogP contribution in [-0.2, 0) is 0 Å². The second kappa shape index (κ2) is 15.2.